The molecule has 0 bridgehead atoms. The zero-order valence-corrected chi connectivity index (χ0v) is 17.8. The Morgan fingerprint density at radius 1 is 1.10 bits per heavy atom. The molecule has 2 aromatic carbocycles. The molecule has 2 saturated heterocycles. The zero-order chi connectivity index (χ0) is 20.0. The lowest BCUT2D eigenvalue weighted by Gasteiger charge is -2.29. The number of likely N-dealkylation sites (tertiary alicyclic amines) is 1. The normalized spacial score (nSPS) is 22.8. The molecule has 5 rings (SSSR count). The first-order valence-electron chi connectivity index (χ1n) is 10.4. The van der Waals surface area contributed by atoms with E-state index in [0.717, 1.165) is 30.7 Å². The van der Waals surface area contributed by atoms with Crippen molar-refractivity contribution in [3.8, 4) is 0 Å². The Labute approximate surface area is 181 Å². The van der Waals surface area contributed by atoms with Crippen molar-refractivity contribution >= 4 is 29.3 Å². The fraction of sp³-hybridized carbons (Fsp3) is 0.391. The van der Waals surface area contributed by atoms with E-state index in [1.807, 2.05) is 30.3 Å². The van der Waals surface area contributed by atoms with E-state index < -0.39 is 0 Å². The van der Waals surface area contributed by atoms with Crippen molar-refractivity contribution in [3.05, 3.63) is 70.1 Å². The summed E-state index contributed by atoms with van der Waals surface area (Å²) in [5.41, 5.74) is 3.99. The monoisotopic (exact) mass is 426 g/mol. The third kappa shape index (κ3) is 3.44. The highest BCUT2D eigenvalue weighted by molar-refractivity contribution is 5.85. The maximum Gasteiger partial charge on any atom is 0.326 e. The third-order valence-corrected chi connectivity index (χ3v) is 6.62. The van der Waals surface area contributed by atoms with Crippen LogP contribution in [0.2, 0.25) is 0 Å². The number of halogens is 1. The molecule has 7 heteroatoms. The molecule has 0 radical (unpaired) electrons. The molecule has 2 aliphatic rings. The van der Waals surface area contributed by atoms with E-state index in [0.29, 0.717) is 24.8 Å². The number of nitrogens with zero attached hydrogens (tertiary/aromatic N) is 2. The molecule has 6 nitrogen and oxygen atoms in total. The molecule has 0 aliphatic carbocycles. The highest BCUT2D eigenvalue weighted by Crippen LogP contribution is 2.43. The van der Waals surface area contributed by atoms with Crippen molar-refractivity contribution in [1.82, 2.24) is 19.8 Å². The Morgan fingerprint density at radius 2 is 1.87 bits per heavy atom. The molecule has 1 amide bonds. The second-order valence-electron chi connectivity index (χ2n) is 8.28. The van der Waals surface area contributed by atoms with Gasteiger partial charge in [0.25, 0.3) is 0 Å². The number of H-pyrrole nitrogens is 1. The minimum atomic E-state index is -0.156. The molecule has 0 unspecified atom stereocenters. The molecule has 158 valence electrons. The van der Waals surface area contributed by atoms with E-state index in [9.17, 15) is 9.59 Å². The number of para-hydroxylation sites is 2. The average molecular weight is 427 g/mol. The van der Waals surface area contributed by atoms with Crippen LogP contribution in [0.3, 0.4) is 0 Å². The molecular formula is C23H27ClN4O2. The second kappa shape index (κ2) is 8.28. The van der Waals surface area contributed by atoms with E-state index in [-0.39, 0.29) is 30.0 Å². The summed E-state index contributed by atoms with van der Waals surface area (Å²) in [6, 6.07) is 16.1. The van der Waals surface area contributed by atoms with Crippen molar-refractivity contribution in [2.24, 2.45) is 11.8 Å². The Hall–Kier alpha value is -2.57. The van der Waals surface area contributed by atoms with Gasteiger partial charge in [-0.25, -0.2) is 4.79 Å². The van der Waals surface area contributed by atoms with Gasteiger partial charge in [0.05, 0.1) is 17.1 Å². The zero-order valence-electron chi connectivity index (χ0n) is 17.0. The largest absolute Gasteiger partial charge is 0.335 e. The number of amides is 1. The molecule has 1 aromatic heterocycles. The first-order chi connectivity index (χ1) is 14.1. The predicted octanol–water partition coefficient (Wildman–Crippen LogP) is 2.87. The fourth-order valence-electron chi connectivity index (χ4n) is 5.17. The summed E-state index contributed by atoms with van der Waals surface area (Å²) in [5.74, 6) is 1.08. The number of benzene rings is 2. The minimum absolute atomic E-state index is 0. The Balaban J connectivity index is 0.00000218. The van der Waals surface area contributed by atoms with E-state index in [1.165, 1.54) is 11.1 Å². The summed E-state index contributed by atoms with van der Waals surface area (Å²) in [6.07, 6.45) is 0.330. The van der Waals surface area contributed by atoms with Gasteiger partial charge in [0.15, 0.2) is 0 Å². The standard InChI is InChI=1S/C23H26N4O2.ClH/c1-15-6-2-3-7-17(15)22-18-13-24-12-16(18)14-27(22)21(28)10-11-26-20-9-5-4-8-19(20)25-23(26)29;/h2-9,16,18,22,24H,10-14H2,1H3,(H,25,29);1H/t16-,18-,22-;/m0./s1. The number of carbonyl (C=O) groups excluding carboxylic acids is 1. The first-order valence-corrected chi connectivity index (χ1v) is 10.4. The quantitative estimate of drug-likeness (QED) is 0.674. The van der Waals surface area contributed by atoms with Gasteiger partial charge in [-0.05, 0) is 36.1 Å². The van der Waals surface area contributed by atoms with Gasteiger partial charge in [0.1, 0.15) is 0 Å². The third-order valence-electron chi connectivity index (χ3n) is 6.62. The van der Waals surface area contributed by atoms with Crippen LogP contribution in [0.15, 0.2) is 53.3 Å². The van der Waals surface area contributed by atoms with Gasteiger partial charge in [-0.1, -0.05) is 36.4 Å². The maximum absolute atomic E-state index is 13.3. The second-order valence-corrected chi connectivity index (χ2v) is 8.28. The van der Waals surface area contributed by atoms with Crippen LogP contribution in [0.1, 0.15) is 23.6 Å². The van der Waals surface area contributed by atoms with Crippen LogP contribution in [0.5, 0.6) is 0 Å². The predicted molar refractivity (Wildman–Crippen MR) is 120 cm³/mol. The van der Waals surface area contributed by atoms with Crippen LogP contribution < -0.4 is 11.0 Å². The Kier molecular flexibility index (Phi) is 5.71. The molecule has 3 aromatic rings. The number of imidazole rings is 1. The number of hydrogen-bond acceptors (Lipinski definition) is 3. The first kappa shape index (κ1) is 20.7. The molecule has 2 fully saturated rings. The van der Waals surface area contributed by atoms with Crippen LogP contribution in [0.25, 0.3) is 11.0 Å². The van der Waals surface area contributed by atoms with Gasteiger partial charge in [-0.3, -0.25) is 9.36 Å². The lowest BCUT2D eigenvalue weighted by Crippen LogP contribution is -2.35. The summed E-state index contributed by atoms with van der Waals surface area (Å²) in [5, 5.41) is 3.50. The molecule has 0 saturated carbocycles. The number of aryl methyl sites for hydroxylation is 2. The van der Waals surface area contributed by atoms with E-state index in [1.54, 1.807) is 4.57 Å². The molecule has 2 aliphatic heterocycles. The van der Waals surface area contributed by atoms with Crippen molar-refractivity contribution in [1.29, 1.82) is 0 Å². The summed E-state index contributed by atoms with van der Waals surface area (Å²) in [4.78, 5) is 30.6. The van der Waals surface area contributed by atoms with E-state index in [4.69, 9.17) is 0 Å². The molecule has 3 atom stereocenters. The van der Waals surface area contributed by atoms with Gasteiger partial charge in [0, 0.05) is 38.5 Å². The number of nitrogens with one attached hydrogen (secondary N) is 2. The number of aromatic amines is 1. The van der Waals surface area contributed by atoms with Crippen LogP contribution >= 0.6 is 12.4 Å². The highest BCUT2D eigenvalue weighted by atomic mass is 35.5. The topological polar surface area (TPSA) is 70.1 Å². The van der Waals surface area contributed by atoms with Gasteiger partial charge in [-0.2, -0.15) is 0 Å². The number of carbonyl (C=O) groups is 1. The van der Waals surface area contributed by atoms with Crippen molar-refractivity contribution in [2.45, 2.75) is 25.9 Å². The highest BCUT2D eigenvalue weighted by Gasteiger charge is 2.46. The Bertz CT molecular complexity index is 1120. The van der Waals surface area contributed by atoms with Gasteiger partial charge >= 0.3 is 5.69 Å². The van der Waals surface area contributed by atoms with Gasteiger partial charge < -0.3 is 15.2 Å². The van der Waals surface area contributed by atoms with Crippen LogP contribution in [0.4, 0.5) is 0 Å². The number of rotatable bonds is 4. The van der Waals surface area contributed by atoms with Crippen LogP contribution in [-0.4, -0.2) is 40.0 Å². The van der Waals surface area contributed by atoms with Crippen LogP contribution in [-0.2, 0) is 11.3 Å². The van der Waals surface area contributed by atoms with Crippen molar-refractivity contribution in [2.75, 3.05) is 19.6 Å². The molecular weight excluding hydrogens is 400 g/mol. The lowest BCUT2D eigenvalue weighted by atomic mass is 9.87. The number of hydrogen-bond donors (Lipinski definition) is 2. The average Bonchev–Trinajstić information content (AvgIpc) is 3.39. The summed E-state index contributed by atoms with van der Waals surface area (Å²) in [7, 11) is 0. The van der Waals surface area contributed by atoms with E-state index >= 15 is 0 Å². The molecule has 2 N–H and O–H groups in total. The summed E-state index contributed by atoms with van der Waals surface area (Å²) in [6.45, 7) is 5.23. The number of aromatic nitrogens is 2. The molecule has 30 heavy (non-hydrogen) atoms. The van der Waals surface area contributed by atoms with Gasteiger partial charge in [0.2, 0.25) is 5.91 Å². The minimum Gasteiger partial charge on any atom is -0.335 e. The molecule has 0 spiro atoms. The maximum atomic E-state index is 13.3. The smallest absolute Gasteiger partial charge is 0.326 e. The molecule has 3 heterocycles. The fourth-order valence-corrected chi connectivity index (χ4v) is 5.17. The van der Waals surface area contributed by atoms with Crippen LogP contribution in [0, 0.1) is 18.8 Å². The summed E-state index contributed by atoms with van der Waals surface area (Å²) < 4.78 is 1.68. The lowest BCUT2D eigenvalue weighted by molar-refractivity contribution is -0.132. The summed E-state index contributed by atoms with van der Waals surface area (Å²) >= 11 is 0. The number of fused-ring (bicyclic) bond motifs is 2. The van der Waals surface area contributed by atoms with Crippen molar-refractivity contribution in [3.63, 3.8) is 0 Å². The SMILES string of the molecule is Cc1ccccc1[C@H]1[C@H]2CNC[C@H]2CN1C(=O)CCn1c(=O)[nH]c2ccccc21.Cl. The van der Waals surface area contributed by atoms with Crippen molar-refractivity contribution < 1.29 is 4.79 Å². The van der Waals surface area contributed by atoms with Gasteiger partial charge in [-0.15, -0.1) is 12.4 Å². The van der Waals surface area contributed by atoms with E-state index in [2.05, 4.69) is 40.3 Å². The Morgan fingerprint density at radius 3 is 2.70 bits per heavy atom.